The molecule has 76 valence electrons. The van der Waals surface area contributed by atoms with Gasteiger partial charge in [0.1, 0.15) is 6.10 Å². The van der Waals surface area contributed by atoms with Crippen molar-refractivity contribution >= 4 is 0 Å². The Kier molecular flexibility index (Phi) is 9.18. The van der Waals surface area contributed by atoms with E-state index < -0.39 is 6.10 Å². The predicted octanol–water partition coefficient (Wildman–Crippen LogP) is 1.70. The first-order valence-corrected chi connectivity index (χ1v) is 5.08. The van der Waals surface area contributed by atoms with Gasteiger partial charge in [-0.15, -0.1) is 5.92 Å². The Bertz CT molecular complexity index is 155. The van der Waals surface area contributed by atoms with Crippen LogP contribution in [0.2, 0.25) is 0 Å². The van der Waals surface area contributed by atoms with Gasteiger partial charge in [-0.1, -0.05) is 32.1 Å². The minimum atomic E-state index is -0.642. The molecule has 0 spiro atoms. The zero-order valence-corrected chi connectivity index (χ0v) is 8.42. The van der Waals surface area contributed by atoms with Crippen molar-refractivity contribution in [3.05, 3.63) is 0 Å². The van der Waals surface area contributed by atoms with Gasteiger partial charge in [0.2, 0.25) is 0 Å². The highest BCUT2D eigenvalue weighted by atomic mass is 16.3. The molecular formula is C11H20O2. The summed E-state index contributed by atoms with van der Waals surface area (Å²) in [6.45, 7) is 2.18. The first-order valence-electron chi connectivity index (χ1n) is 5.08. The number of unbranched alkanes of at least 4 members (excludes halogenated alkanes) is 4. The number of hydrogen-bond acceptors (Lipinski definition) is 2. The largest absolute Gasteiger partial charge is 0.396 e. The number of rotatable bonds is 6. The van der Waals surface area contributed by atoms with E-state index in [4.69, 9.17) is 10.2 Å². The highest BCUT2D eigenvalue weighted by molar-refractivity contribution is 5.04. The Morgan fingerprint density at radius 3 is 2.62 bits per heavy atom. The lowest BCUT2D eigenvalue weighted by Gasteiger charge is -1.97. The van der Waals surface area contributed by atoms with Crippen LogP contribution in [0.3, 0.4) is 0 Å². The molecule has 0 radical (unpaired) electrons. The van der Waals surface area contributed by atoms with Crippen LogP contribution in [0.4, 0.5) is 0 Å². The van der Waals surface area contributed by atoms with Crippen molar-refractivity contribution in [2.45, 2.75) is 51.6 Å². The molecule has 0 rings (SSSR count). The molecule has 2 nitrogen and oxygen atoms in total. The summed E-state index contributed by atoms with van der Waals surface area (Å²) in [5.74, 6) is 5.62. The summed E-state index contributed by atoms with van der Waals surface area (Å²) < 4.78 is 0. The first kappa shape index (κ1) is 12.5. The van der Waals surface area contributed by atoms with Crippen LogP contribution in [0.25, 0.3) is 0 Å². The fourth-order valence-corrected chi connectivity index (χ4v) is 1.02. The minimum absolute atomic E-state index is 0.00564. The van der Waals surface area contributed by atoms with Crippen molar-refractivity contribution in [2.24, 2.45) is 0 Å². The fraction of sp³-hybridized carbons (Fsp3) is 0.818. The third-order valence-electron chi connectivity index (χ3n) is 1.83. The van der Waals surface area contributed by atoms with Crippen molar-refractivity contribution in [2.75, 3.05) is 6.61 Å². The molecule has 13 heavy (non-hydrogen) atoms. The van der Waals surface area contributed by atoms with Gasteiger partial charge < -0.3 is 10.2 Å². The summed E-state index contributed by atoms with van der Waals surface area (Å²) in [5.41, 5.74) is 0. The van der Waals surface area contributed by atoms with E-state index in [-0.39, 0.29) is 6.61 Å². The van der Waals surface area contributed by atoms with Gasteiger partial charge in [0.05, 0.1) is 0 Å². The van der Waals surface area contributed by atoms with Crippen LogP contribution in [-0.4, -0.2) is 22.9 Å². The van der Waals surface area contributed by atoms with Crippen LogP contribution >= 0.6 is 0 Å². The van der Waals surface area contributed by atoms with E-state index in [0.29, 0.717) is 6.42 Å². The SMILES string of the molecule is CCCCCCC#CC(O)CCO. The van der Waals surface area contributed by atoms with E-state index >= 15 is 0 Å². The van der Waals surface area contributed by atoms with Crippen LogP contribution in [0.5, 0.6) is 0 Å². The van der Waals surface area contributed by atoms with E-state index in [1.807, 2.05) is 0 Å². The third-order valence-corrected chi connectivity index (χ3v) is 1.83. The monoisotopic (exact) mass is 184 g/mol. The molecule has 0 aromatic rings. The smallest absolute Gasteiger partial charge is 0.116 e. The van der Waals surface area contributed by atoms with Gasteiger partial charge in [-0.3, -0.25) is 0 Å². The van der Waals surface area contributed by atoms with Crippen molar-refractivity contribution in [1.82, 2.24) is 0 Å². The number of hydrogen-bond donors (Lipinski definition) is 2. The molecule has 2 N–H and O–H groups in total. The summed E-state index contributed by atoms with van der Waals surface area (Å²) in [4.78, 5) is 0. The number of aliphatic hydroxyl groups excluding tert-OH is 2. The maximum absolute atomic E-state index is 9.12. The van der Waals surface area contributed by atoms with E-state index in [1.165, 1.54) is 19.3 Å². The summed E-state index contributed by atoms with van der Waals surface area (Å²) in [5, 5.41) is 17.6. The average molecular weight is 184 g/mol. The molecule has 0 heterocycles. The highest BCUT2D eigenvalue weighted by Gasteiger charge is 1.94. The molecule has 0 saturated carbocycles. The molecule has 0 saturated heterocycles. The molecule has 1 unspecified atom stereocenters. The van der Waals surface area contributed by atoms with Crippen molar-refractivity contribution in [1.29, 1.82) is 0 Å². The van der Waals surface area contributed by atoms with Gasteiger partial charge in [-0.05, 0) is 6.42 Å². The summed E-state index contributed by atoms with van der Waals surface area (Å²) in [6, 6.07) is 0. The molecule has 0 aromatic carbocycles. The molecule has 1 atom stereocenters. The Morgan fingerprint density at radius 1 is 1.23 bits per heavy atom. The van der Waals surface area contributed by atoms with Crippen LogP contribution in [-0.2, 0) is 0 Å². The number of aliphatic hydroxyl groups is 2. The zero-order valence-electron chi connectivity index (χ0n) is 8.42. The Hall–Kier alpha value is -0.520. The topological polar surface area (TPSA) is 40.5 Å². The maximum atomic E-state index is 9.12. The van der Waals surface area contributed by atoms with Crippen LogP contribution < -0.4 is 0 Å². The molecular weight excluding hydrogens is 164 g/mol. The quantitative estimate of drug-likeness (QED) is 0.487. The third kappa shape index (κ3) is 9.39. The van der Waals surface area contributed by atoms with Crippen molar-refractivity contribution in [3.8, 4) is 11.8 Å². The van der Waals surface area contributed by atoms with E-state index in [0.717, 1.165) is 12.8 Å². The van der Waals surface area contributed by atoms with E-state index in [2.05, 4.69) is 18.8 Å². The standard InChI is InChI=1S/C11H20O2/c1-2-3-4-5-6-7-8-11(13)9-10-12/h11-13H,2-6,9-10H2,1H3. The normalized spacial score (nSPS) is 11.9. The Labute approximate surface area is 81.0 Å². The molecule has 0 aliphatic heterocycles. The second kappa shape index (κ2) is 9.57. The van der Waals surface area contributed by atoms with Gasteiger partial charge in [0, 0.05) is 19.4 Å². The fourth-order valence-electron chi connectivity index (χ4n) is 1.02. The molecule has 2 heteroatoms. The average Bonchev–Trinajstić information content (AvgIpc) is 2.11. The minimum Gasteiger partial charge on any atom is -0.396 e. The second-order valence-electron chi connectivity index (χ2n) is 3.16. The maximum Gasteiger partial charge on any atom is 0.116 e. The molecule has 0 aliphatic rings. The van der Waals surface area contributed by atoms with Gasteiger partial charge in [0.15, 0.2) is 0 Å². The Morgan fingerprint density at radius 2 is 2.00 bits per heavy atom. The summed E-state index contributed by atoms with van der Waals surface area (Å²) in [6.07, 6.45) is 5.43. The van der Waals surface area contributed by atoms with Crippen molar-refractivity contribution < 1.29 is 10.2 Å². The van der Waals surface area contributed by atoms with E-state index in [9.17, 15) is 0 Å². The molecule has 0 bridgehead atoms. The van der Waals surface area contributed by atoms with Gasteiger partial charge in [-0.25, -0.2) is 0 Å². The lowest BCUT2D eigenvalue weighted by atomic mass is 10.1. The lowest BCUT2D eigenvalue weighted by molar-refractivity contribution is 0.177. The molecule has 0 aromatic heterocycles. The lowest BCUT2D eigenvalue weighted by Crippen LogP contribution is -2.04. The second-order valence-corrected chi connectivity index (χ2v) is 3.16. The highest BCUT2D eigenvalue weighted by Crippen LogP contribution is 2.01. The van der Waals surface area contributed by atoms with Gasteiger partial charge in [-0.2, -0.15) is 0 Å². The summed E-state index contributed by atoms with van der Waals surface area (Å²) >= 11 is 0. The van der Waals surface area contributed by atoms with Crippen LogP contribution in [0, 0.1) is 11.8 Å². The van der Waals surface area contributed by atoms with Gasteiger partial charge >= 0.3 is 0 Å². The van der Waals surface area contributed by atoms with Crippen molar-refractivity contribution in [3.63, 3.8) is 0 Å². The molecule has 0 fully saturated rings. The van der Waals surface area contributed by atoms with Gasteiger partial charge in [0.25, 0.3) is 0 Å². The molecule has 0 aliphatic carbocycles. The first-order chi connectivity index (χ1) is 6.31. The zero-order chi connectivity index (χ0) is 9.94. The van der Waals surface area contributed by atoms with E-state index in [1.54, 1.807) is 0 Å². The predicted molar refractivity (Wildman–Crippen MR) is 54.2 cm³/mol. The van der Waals surface area contributed by atoms with Crippen LogP contribution in [0.1, 0.15) is 45.4 Å². The molecule has 0 amide bonds. The Balaban J connectivity index is 3.28. The van der Waals surface area contributed by atoms with Crippen LogP contribution in [0.15, 0.2) is 0 Å². The summed E-state index contributed by atoms with van der Waals surface area (Å²) in [7, 11) is 0.